The minimum atomic E-state index is -3.39. The summed E-state index contributed by atoms with van der Waals surface area (Å²) in [6, 6.07) is 7.59. The summed E-state index contributed by atoms with van der Waals surface area (Å²) < 4.78 is 31.6. The fourth-order valence-corrected chi connectivity index (χ4v) is 2.88. The maximum atomic E-state index is 12.2. The Morgan fingerprint density at radius 3 is 2.24 bits per heavy atom. The van der Waals surface area contributed by atoms with E-state index < -0.39 is 7.75 Å². The molecule has 1 rings (SSSR count). The van der Waals surface area contributed by atoms with Crippen LogP contribution in [-0.2, 0) is 13.6 Å². The van der Waals surface area contributed by atoms with E-state index in [4.69, 9.17) is 13.8 Å². The highest BCUT2D eigenvalue weighted by Gasteiger charge is 2.21. The van der Waals surface area contributed by atoms with Crippen molar-refractivity contribution in [3.63, 3.8) is 0 Å². The molecule has 0 spiro atoms. The molecule has 0 fully saturated rings. The zero-order chi connectivity index (χ0) is 15.7. The van der Waals surface area contributed by atoms with Crippen LogP contribution in [0.2, 0.25) is 0 Å². The summed E-state index contributed by atoms with van der Waals surface area (Å²) >= 11 is 0. The summed E-state index contributed by atoms with van der Waals surface area (Å²) in [6.07, 6.45) is 3.65. The predicted molar refractivity (Wildman–Crippen MR) is 86.0 cm³/mol. The third-order valence-corrected chi connectivity index (χ3v) is 4.23. The number of hydrogen-bond donors (Lipinski definition) is 0. The first-order valence-corrected chi connectivity index (χ1v) is 8.30. The molecule has 0 bridgehead atoms. The molecule has 0 aliphatic carbocycles. The van der Waals surface area contributed by atoms with E-state index in [9.17, 15) is 4.57 Å². The second-order valence-corrected chi connectivity index (χ2v) is 5.81. The Morgan fingerprint density at radius 2 is 1.76 bits per heavy atom. The van der Waals surface area contributed by atoms with Crippen molar-refractivity contribution in [2.75, 3.05) is 20.3 Å². The van der Waals surface area contributed by atoms with Gasteiger partial charge in [0, 0.05) is 5.71 Å². The molecule has 0 N–H and O–H groups in total. The smallest absolute Gasteiger partial charge is 0.454 e. The van der Waals surface area contributed by atoms with Crippen LogP contribution in [-0.4, -0.2) is 26.0 Å². The van der Waals surface area contributed by atoms with Gasteiger partial charge in [-0.25, -0.2) is 4.57 Å². The molecule has 5 nitrogen and oxygen atoms in total. The fourth-order valence-electron chi connectivity index (χ4n) is 1.58. The molecular formula is C15H22NO4P. The van der Waals surface area contributed by atoms with Crippen LogP contribution in [0.4, 0.5) is 0 Å². The molecule has 0 saturated heterocycles. The summed E-state index contributed by atoms with van der Waals surface area (Å²) in [4.78, 5) is 0. The summed E-state index contributed by atoms with van der Waals surface area (Å²) in [7, 11) is -1.77. The monoisotopic (exact) mass is 311 g/mol. The van der Waals surface area contributed by atoms with Crippen LogP contribution in [0.5, 0.6) is 5.75 Å². The van der Waals surface area contributed by atoms with Gasteiger partial charge in [-0.1, -0.05) is 18.2 Å². The Labute approximate surface area is 126 Å². The number of allylic oxidation sites excluding steroid dienone is 1. The minimum Gasteiger partial charge on any atom is -0.497 e. The molecule has 0 saturated carbocycles. The van der Waals surface area contributed by atoms with E-state index in [1.54, 1.807) is 34.0 Å². The Kier molecular flexibility index (Phi) is 7.37. The van der Waals surface area contributed by atoms with Crippen LogP contribution >= 0.6 is 7.75 Å². The van der Waals surface area contributed by atoms with E-state index in [-0.39, 0.29) is 13.2 Å². The number of methoxy groups -OCH3 is 1. The number of hydrogen-bond acceptors (Lipinski definition) is 4. The van der Waals surface area contributed by atoms with E-state index in [2.05, 4.69) is 4.76 Å². The molecule has 0 aliphatic rings. The molecule has 0 amide bonds. The lowest BCUT2D eigenvalue weighted by Crippen LogP contribution is -1.96. The average molecular weight is 311 g/mol. The number of nitrogens with zero attached hydrogens (tertiary/aromatic N) is 1. The normalized spacial score (nSPS) is 12.9. The van der Waals surface area contributed by atoms with Gasteiger partial charge in [-0.2, -0.15) is 4.76 Å². The molecule has 6 heteroatoms. The van der Waals surface area contributed by atoms with Crippen LogP contribution < -0.4 is 4.74 Å². The zero-order valence-electron chi connectivity index (χ0n) is 12.9. The topological polar surface area (TPSA) is 57.1 Å². The zero-order valence-corrected chi connectivity index (χ0v) is 13.8. The molecule has 0 radical (unpaired) electrons. The van der Waals surface area contributed by atoms with Gasteiger partial charge in [0.2, 0.25) is 0 Å². The van der Waals surface area contributed by atoms with Crippen molar-refractivity contribution in [2.45, 2.75) is 20.8 Å². The lowest BCUT2D eigenvalue weighted by molar-refractivity contribution is 0.221. The lowest BCUT2D eigenvalue weighted by atomic mass is 10.2. The van der Waals surface area contributed by atoms with E-state index in [1.807, 2.05) is 30.3 Å². The highest BCUT2D eigenvalue weighted by atomic mass is 31.2. The third kappa shape index (κ3) is 6.25. The Bertz CT molecular complexity index is 527. The summed E-state index contributed by atoms with van der Waals surface area (Å²) in [5, 5.41) is 0. The molecule has 0 aromatic heterocycles. The van der Waals surface area contributed by atoms with Gasteiger partial charge in [-0.05, 0) is 44.5 Å². The van der Waals surface area contributed by atoms with Crippen molar-refractivity contribution in [1.29, 1.82) is 0 Å². The fraction of sp³-hybridized carbons (Fsp3) is 0.400. The van der Waals surface area contributed by atoms with Gasteiger partial charge in [-0.15, -0.1) is 0 Å². The molecule has 116 valence electrons. The Morgan fingerprint density at radius 1 is 1.19 bits per heavy atom. The predicted octanol–water partition coefficient (Wildman–Crippen LogP) is 4.35. The number of ether oxygens (including phenoxy) is 1. The van der Waals surface area contributed by atoms with Gasteiger partial charge in [0.1, 0.15) is 5.75 Å². The lowest BCUT2D eigenvalue weighted by Gasteiger charge is -2.11. The molecule has 0 heterocycles. The SMILES string of the molecule is CCOP(=O)(/N=C(C)/C=C/c1ccc(OC)cc1)OCC. The van der Waals surface area contributed by atoms with Crippen LogP contribution in [0.25, 0.3) is 6.08 Å². The first kappa shape index (κ1) is 17.6. The van der Waals surface area contributed by atoms with Gasteiger partial charge in [0.15, 0.2) is 0 Å². The highest BCUT2D eigenvalue weighted by molar-refractivity contribution is 7.52. The van der Waals surface area contributed by atoms with Crippen LogP contribution in [0.3, 0.4) is 0 Å². The quantitative estimate of drug-likeness (QED) is 0.529. The van der Waals surface area contributed by atoms with Gasteiger partial charge < -0.3 is 4.74 Å². The summed E-state index contributed by atoms with van der Waals surface area (Å²) in [5.41, 5.74) is 1.57. The second kappa shape index (κ2) is 8.78. The van der Waals surface area contributed by atoms with E-state index in [1.165, 1.54) is 0 Å². The molecular weight excluding hydrogens is 289 g/mol. The summed E-state index contributed by atoms with van der Waals surface area (Å²) in [5.74, 6) is 0.801. The number of rotatable bonds is 8. The van der Waals surface area contributed by atoms with Crippen LogP contribution in [0, 0.1) is 0 Å². The largest absolute Gasteiger partial charge is 0.497 e. The average Bonchev–Trinajstić information content (AvgIpc) is 2.46. The molecule has 0 atom stereocenters. The van der Waals surface area contributed by atoms with Gasteiger partial charge in [0.25, 0.3) is 0 Å². The van der Waals surface area contributed by atoms with E-state index in [0.29, 0.717) is 5.71 Å². The highest BCUT2D eigenvalue weighted by Crippen LogP contribution is 2.49. The molecule has 0 aliphatic heterocycles. The van der Waals surface area contributed by atoms with Crippen molar-refractivity contribution in [1.82, 2.24) is 0 Å². The first-order chi connectivity index (χ1) is 10.0. The second-order valence-electron chi connectivity index (χ2n) is 4.15. The number of benzene rings is 1. The minimum absolute atomic E-state index is 0.288. The van der Waals surface area contributed by atoms with Crippen molar-refractivity contribution in [3.8, 4) is 5.75 Å². The molecule has 1 aromatic carbocycles. The van der Waals surface area contributed by atoms with E-state index >= 15 is 0 Å². The van der Waals surface area contributed by atoms with Crippen LogP contribution in [0.1, 0.15) is 26.3 Å². The van der Waals surface area contributed by atoms with Gasteiger partial charge >= 0.3 is 7.75 Å². The van der Waals surface area contributed by atoms with E-state index in [0.717, 1.165) is 11.3 Å². The van der Waals surface area contributed by atoms with Gasteiger partial charge in [0.05, 0.1) is 20.3 Å². The molecule has 0 unspecified atom stereocenters. The Hall–Kier alpha value is -1.42. The third-order valence-electron chi connectivity index (χ3n) is 2.50. The van der Waals surface area contributed by atoms with Gasteiger partial charge in [-0.3, -0.25) is 9.05 Å². The van der Waals surface area contributed by atoms with Crippen LogP contribution in [0.15, 0.2) is 35.1 Å². The maximum absolute atomic E-state index is 12.2. The molecule has 1 aromatic rings. The van der Waals surface area contributed by atoms with Crippen molar-refractivity contribution in [2.24, 2.45) is 4.76 Å². The van der Waals surface area contributed by atoms with Crippen molar-refractivity contribution < 1.29 is 18.3 Å². The van der Waals surface area contributed by atoms with Crippen molar-refractivity contribution >= 4 is 19.5 Å². The Balaban J connectivity index is 2.81. The molecule has 21 heavy (non-hydrogen) atoms. The maximum Gasteiger partial charge on any atom is 0.454 e. The van der Waals surface area contributed by atoms with Crippen molar-refractivity contribution in [3.05, 3.63) is 35.9 Å². The summed E-state index contributed by atoms with van der Waals surface area (Å²) in [6.45, 7) is 5.84. The standard InChI is InChI=1S/C15H22NO4P/c1-5-19-21(17,20-6-2)16-13(3)7-8-14-9-11-15(18-4)12-10-14/h7-12H,5-6H2,1-4H3/b8-7+,16-13+. The first-order valence-electron chi connectivity index (χ1n) is 6.81.